The van der Waals surface area contributed by atoms with Crippen LogP contribution in [0.5, 0.6) is 0 Å². The molecule has 0 saturated heterocycles. The highest BCUT2D eigenvalue weighted by molar-refractivity contribution is 7.92. The van der Waals surface area contributed by atoms with E-state index in [1.807, 2.05) is 36.4 Å². The minimum absolute atomic E-state index is 0.0671. The summed E-state index contributed by atoms with van der Waals surface area (Å²) in [6.07, 6.45) is 0.772. The molecule has 0 saturated carbocycles. The number of rotatable bonds is 6. The summed E-state index contributed by atoms with van der Waals surface area (Å²) >= 11 is 0. The van der Waals surface area contributed by atoms with Crippen LogP contribution in [0.3, 0.4) is 0 Å². The number of nitrogens with zero attached hydrogens (tertiary/aromatic N) is 2. The van der Waals surface area contributed by atoms with Gasteiger partial charge in [-0.2, -0.15) is 5.26 Å². The Hall–Kier alpha value is -2.36. The number of para-hydroxylation sites is 1. The first-order chi connectivity index (χ1) is 11.6. The summed E-state index contributed by atoms with van der Waals surface area (Å²) in [5.41, 5.74) is 3.54. The summed E-state index contributed by atoms with van der Waals surface area (Å²) in [5.74, 6) is 0.0671. The molecule has 2 aromatic carbocycles. The van der Waals surface area contributed by atoms with Crippen LogP contribution < -0.4 is 9.62 Å². The molecule has 1 aliphatic heterocycles. The number of hydrogen-bond donors (Lipinski definition) is 1. The van der Waals surface area contributed by atoms with Gasteiger partial charge in [-0.1, -0.05) is 30.3 Å². The molecule has 0 spiro atoms. The van der Waals surface area contributed by atoms with Gasteiger partial charge in [-0.25, -0.2) is 8.42 Å². The molecule has 0 bridgehead atoms. The Labute approximate surface area is 142 Å². The zero-order chi connectivity index (χ0) is 17.0. The van der Waals surface area contributed by atoms with Crippen LogP contribution >= 0.6 is 0 Å². The van der Waals surface area contributed by atoms with Gasteiger partial charge in [0.1, 0.15) is 0 Å². The number of nitrogens with one attached hydrogen (secondary N) is 1. The van der Waals surface area contributed by atoms with Crippen molar-refractivity contribution in [2.45, 2.75) is 13.0 Å². The molecule has 1 heterocycles. The standard InChI is InChI=1S/C18H19N3O2S/c19-13-15-5-7-16(8-6-15)14-20-10-12-24(22,23)21-11-9-17-3-1-2-4-18(17)21/h1-8,20H,9-12,14H2. The molecule has 0 atom stereocenters. The first-order valence-electron chi connectivity index (χ1n) is 7.88. The molecule has 0 fully saturated rings. The van der Waals surface area contributed by atoms with E-state index >= 15 is 0 Å². The first kappa shape index (κ1) is 16.5. The van der Waals surface area contributed by atoms with E-state index in [1.165, 1.54) is 4.31 Å². The summed E-state index contributed by atoms with van der Waals surface area (Å²) < 4.78 is 26.6. The summed E-state index contributed by atoms with van der Waals surface area (Å²) in [5, 5.41) is 11.9. The lowest BCUT2D eigenvalue weighted by atomic mass is 10.1. The normalized spacial score (nSPS) is 13.5. The number of fused-ring (bicyclic) bond motifs is 1. The molecule has 1 N–H and O–H groups in total. The largest absolute Gasteiger partial charge is 0.312 e. The Morgan fingerprint density at radius 2 is 1.88 bits per heavy atom. The maximum atomic E-state index is 12.5. The zero-order valence-electron chi connectivity index (χ0n) is 13.3. The molecule has 0 radical (unpaired) electrons. The lowest BCUT2D eigenvalue weighted by molar-refractivity contribution is 0.587. The monoisotopic (exact) mass is 341 g/mol. The molecule has 2 aromatic rings. The molecule has 124 valence electrons. The third-order valence-corrected chi connectivity index (χ3v) is 5.90. The Balaban J connectivity index is 1.54. The Morgan fingerprint density at radius 1 is 1.12 bits per heavy atom. The van der Waals surface area contributed by atoms with E-state index in [4.69, 9.17) is 5.26 Å². The molecule has 24 heavy (non-hydrogen) atoms. The highest BCUT2D eigenvalue weighted by atomic mass is 32.2. The van der Waals surface area contributed by atoms with Crippen LogP contribution in [0.15, 0.2) is 48.5 Å². The Morgan fingerprint density at radius 3 is 2.62 bits per heavy atom. The minimum Gasteiger partial charge on any atom is -0.312 e. The van der Waals surface area contributed by atoms with Crippen LogP contribution in [0.4, 0.5) is 5.69 Å². The Kier molecular flexibility index (Phi) is 4.84. The molecule has 3 rings (SSSR count). The van der Waals surface area contributed by atoms with Crippen molar-refractivity contribution in [3.8, 4) is 6.07 Å². The van der Waals surface area contributed by atoms with E-state index in [2.05, 4.69) is 11.4 Å². The van der Waals surface area contributed by atoms with Crippen LogP contribution in [0.25, 0.3) is 0 Å². The molecule has 1 aliphatic rings. The minimum atomic E-state index is -3.31. The lowest BCUT2D eigenvalue weighted by Crippen LogP contribution is -2.35. The van der Waals surface area contributed by atoms with Crippen molar-refractivity contribution in [1.29, 1.82) is 5.26 Å². The zero-order valence-corrected chi connectivity index (χ0v) is 14.1. The van der Waals surface area contributed by atoms with E-state index in [9.17, 15) is 8.42 Å². The second kappa shape index (κ2) is 7.04. The quantitative estimate of drug-likeness (QED) is 0.816. The van der Waals surface area contributed by atoms with Crippen molar-refractivity contribution in [2.24, 2.45) is 0 Å². The summed E-state index contributed by atoms with van der Waals surface area (Å²) in [4.78, 5) is 0. The maximum Gasteiger partial charge on any atom is 0.236 e. The van der Waals surface area contributed by atoms with E-state index in [-0.39, 0.29) is 5.75 Å². The smallest absolute Gasteiger partial charge is 0.236 e. The SMILES string of the molecule is N#Cc1ccc(CNCCS(=O)(=O)N2CCc3ccccc32)cc1. The number of benzene rings is 2. The summed E-state index contributed by atoms with van der Waals surface area (Å²) in [7, 11) is -3.31. The van der Waals surface area contributed by atoms with Gasteiger partial charge in [-0.05, 0) is 35.7 Å². The van der Waals surface area contributed by atoms with Crippen molar-refractivity contribution < 1.29 is 8.42 Å². The van der Waals surface area contributed by atoms with Crippen LogP contribution in [0.2, 0.25) is 0 Å². The molecule has 0 unspecified atom stereocenters. The van der Waals surface area contributed by atoms with Crippen LogP contribution in [0.1, 0.15) is 16.7 Å². The molecule has 0 amide bonds. The molecular formula is C18H19N3O2S. The Bertz CT molecular complexity index is 855. The third kappa shape index (κ3) is 3.58. The van der Waals surface area contributed by atoms with Crippen molar-refractivity contribution >= 4 is 15.7 Å². The average Bonchev–Trinajstić information content (AvgIpc) is 3.04. The number of hydrogen-bond acceptors (Lipinski definition) is 4. The van der Waals surface area contributed by atoms with Crippen molar-refractivity contribution in [2.75, 3.05) is 23.1 Å². The second-order valence-electron chi connectivity index (χ2n) is 5.75. The van der Waals surface area contributed by atoms with Gasteiger partial charge in [0.15, 0.2) is 0 Å². The molecular weight excluding hydrogens is 322 g/mol. The highest BCUT2D eigenvalue weighted by Crippen LogP contribution is 2.29. The van der Waals surface area contributed by atoms with Crippen molar-refractivity contribution in [3.05, 3.63) is 65.2 Å². The fourth-order valence-electron chi connectivity index (χ4n) is 2.84. The first-order valence-corrected chi connectivity index (χ1v) is 9.49. The van der Waals surface area contributed by atoms with Gasteiger partial charge in [-0.3, -0.25) is 4.31 Å². The van der Waals surface area contributed by atoms with Gasteiger partial charge in [-0.15, -0.1) is 0 Å². The maximum absolute atomic E-state index is 12.5. The average molecular weight is 341 g/mol. The summed E-state index contributed by atoms with van der Waals surface area (Å²) in [6, 6.07) is 17.0. The van der Waals surface area contributed by atoms with Crippen LogP contribution in [-0.4, -0.2) is 27.3 Å². The van der Waals surface area contributed by atoms with Crippen LogP contribution in [0, 0.1) is 11.3 Å². The van der Waals surface area contributed by atoms with E-state index in [0.29, 0.717) is 25.2 Å². The van der Waals surface area contributed by atoms with Gasteiger partial charge >= 0.3 is 0 Å². The highest BCUT2D eigenvalue weighted by Gasteiger charge is 2.28. The third-order valence-electron chi connectivity index (χ3n) is 4.13. The molecule has 0 aliphatic carbocycles. The molecule has 6 heteroatoms. The van der Waals surface area contributed by atoms with Gasteiger partial charge in [0.2, 0.25) is 10.0 Å². The van der Waals surface area contributed by atoms with Gasteiger partial charge < -0.3 is 5.32 Å². The van der Waals surface area contributed by atoms with Gasteiger partial charge in [0.25, 0.3) is 0 Å². The summed E-state index contributed by atoms with van der Waals surface area (Å²) in [6.45, 7) is 1.50. The number of anilines is 1. The van der Waals surface area contributed by atoms with Crippen LogP contribution in [-0.2, 0) is 23.0 Å². The van der Waals surface area contributed by atoms with E-state index in [0.717, 1.165) is 23.2 Å². The lowest BCUT2D eigenvalue weighted by Gasteiger charge is -2.19. The predicted octanol–water partition coefficient (Wildman–Crippen LogP) is 2.04. The number of nitriles is 1. The molecule has 0 aromatic heterocycles. The van der Waals surface area contributed by atoms with Crippen molar-refractivity contribution in [1.82, 2.24) is 5.32 Å². The number of sulfonamides is 1. The molecule has 5 nitrogen and oxygen atoms in total. The fraction of sp³-hybridized carbons (Fsp3) is 0.278. The van der Waals surface area contributed by atoms with Gasteiger partial charge in [0, 0.05) is 19.6 Å². The van der Waals surface area contributed by atoms with E-state index in [1.54, 1.807) is 12.1 Å². The topological polar surface area (TPSA) is 73.2 Å². The van der Waals surface area contributed by atoms with Crippen molar-refractivity contribution in [3.63, 3.8) is 0 Å². The second-order valence-corrected chi connectivity index (χ2v) is 7.77. The van der Waals surface area contributed by atoms with E-state index < -0.39 is 10.0 Å². The fourth-order valence-corrected chi connectivity index (χ4v) is 4.31. The van der Waals surface area contributed by atoms with Gasteiger partial charge in [0.05, 0.1) is 23.1 Å². The predicted molar refractivity (Wildman–Crippen MR) is 94.1 cm³/mol.